The third-order valence-electron chi connectivity index (χ3n) is 2.02. The number of carbonyl (C=O) groups is 1. The summed E-state index contributed by atoms with van der Waals surface area (Å²) in [5.41, 5.74) is 6.35. The average Bonchev–Trinajstić information content (AvgIpc) is 2.20. The van der Waals surface area contributed by atoms with Crippen LogP contribution in [0.1, 0.15) is 13.8 Å². The second-order valence-corrected chi connectivity index (χ2v) is 4.44. The number of nitrogens with two attached hydrogens (primary N) is 1. The van der Waals surface area contributed by atoms with Crippen LogP contribution in [-0.2, 0) is 4.79 Å². The van der Waals surface area contributed by atoms with Crippen LogP contribution in [0.15, 0.2) is 22.9 Å². The van der Waals surface area contributed by atoms with E-state index in [0.717, 1.165) is 4.60 Å². The predicted molar refractivity (Wildman–Crippen MR) is 63.4 cm³/mol. The summed E-state index contributed by atoms with van der Waals surface area (Å²) in [6, 6.07) is 3.03. The Balaban J connectivity index is 2.62. The number of nitrogens with zero attached hydrogens (tertiary/aromatic N) is 1. The summed E-state index contributed by atoms with van der Waals surface area (Å²) in [5.74, 6) is -0.0671. The van der Waals surface area contributed by atoms with E-state index in [1.54, 1.807) is 18.3 Å². The van der Waals surface area contributed by atoms with Crippen molar-refractivity contribution in [1.82, 2.24) is 4.98 Å². The Morgan fingerprint density at radius 2 is 2.20 bits per heavy atom. The maximum Gasteiger partial charge on any atom is 0.241 e. The highest BCUT2D eigenvalue weighted by Crippen LogP contribution is 2.11. The molecule has 0 aliphatic heterocycles. The van der Waals surface area contributed by atoms with Gasteiger partial charge in [-0.2, -0.15) is 0 Å². The topological polar surface area (TPSA) is 68.0 Å². The number of rotatable bonds is 3. The van der Waals surface area contributed by atoms with E-state index in [9.17, 15) is 4.79 Å². The molecular weight excluding hydrogens is 258 g/mol. The molecule has 0 radical (unpaired) electrons. The zero-order valence-corrected chi connectivity index (χ0v) is 10.3. The van der Waals surface area contributed by atoms with Crippen molar-refractivity contribution in [2.45, 2.75) is 19.9 Å². The van der Waals surface area contributed by atoms with Gasteiger partial charge in [0.1, 0.15) is 4.60 Å². The molecule has 0 unspecified atom stereocenters. The normalized spacial score (nSPS) is 12.6. The Morgan fingerprint density at radius 1 is 1.53 bits per heavy atom. The molecule has 0 spiro atoms. The van der Waals surface area contributed by atoms with Crippen molar-refractivity contribution in [2.24, 2.45) is 11.7 Å². The molecule has 0 bridgehead atoms. The standard InChI is InChI=1S/C10H14BrN3O/c1-6(2)9(12)10(15)14-7-3-4-8(11)13-5-7/h3-6,9H,12H2,1-2H3,(H,14,15)/t9-/m1/s1. The van der Waals surface area contributed by atoms with Crippen LogP contribution in [0, 0.1) is 5.92 Å². The molecule has 15 heavy (non-hydrogen) atoms. The van der Waals surface area contributed by atoms with Gasteiger partial charge < -0.3 is 11.1 Å². The number of anilines is 1. The Hall–Kier alpha value is -0.940. The number of hydrogen-bond acceptors (Lipinski definition) is 3. The number of halogens is 1. The minimum Gasteiger partial charge on any atom is -0.323 e. The van der Waals surface area contributed by atoms with Crippen LogP contribution in [0.3, 0.4) is 0 Å². The molecule has 3 N–H and O–H groups in total. The van der Waals surface area contributed by atoms with E-state index in [0.29, 0.717) is 5.69 Å². The number of nitrogens with one attached hydrogen (secondary N) is 1. The van der Waals surface area contributed by atoms with Crippen LogP contribution in [-0.4, -0.2) is 16.9 Å². The van der Waals surface area contributed by atoms with Gasteiger partial charge >= 0.3 is 0 Å². The summed E-state index contributed by atoms with van der Waals surface area (Å²) >= 11 is 3.22. The van der Waals surface area contributed by atoms with Gasteiger partial charge in [-0.3, -0.25) is 4.79 Å². The van der Waals surface area contributed by atoms with E-state index in [1.807, 2.05) is 13.8 Å². The Bertz CT molecular complexity index is 337. The maximum atomic E-state index is 11.6. The number of carbonyl (C=O) groups excluding carboxylic acids is 1. The highest BCUT2D eigenvalue weighted by molar-refractivity contribution is 9.10. The molecule has 1 amide bonds. The van der Waals surface area contributed by atoms with E-state index in [1.165, 1.54) is 0 Å². The molecule has 0 aromatic carbocycles. The lowest BCUT2D eigenvalue weighted by Crippen LogP contribution is -2.39. The molecule has 1 heterocycles. The summed E-state index contributed by atoms with van der Waals surface area (Å²) in [6.45, 7) is 3.81. The van der Waals surface area contributed by atoms with Gasteiger partial charge in [0.2, 0.25) is 5.91 Å². The first kappa shape index (κ1) is 12.1. The van der Waals surface area contributed by atoms with E-state index < -0.39 is 6.04 Å². The molecule has 5 heteroatoms. The first-order chi connectivity index (χ1) is 7.00. The van der Waals surface area contributed by atoms with Crippen LogP contribution >= 0.6 is 15.9 Å². The molecule has 1 atom stereocenters. The van der Waals surface area contributed by atoms with Gasteiger partial charge in [0.25, 0.3) is 0 Å². The van der Waals surface area contributed by atoms with E-state index in [2.05, 4.69) is 26.2 Å². The molecule has 1 aromatic rings. The van der Waals surface area contributed by atoms with Crippen LogP contribution in [0.5, 0.6) is 0 Å². The molecule has 0 saturated heterocycles. The summed E-state index contributed by atoms with van der Waals surface area (Å²) in [5, 5.41) is 2.70. The van der Waals surface area contributed by atoms with E-state index in [-0.39, 0.29) is 11.8 Å². The summed E-state index contributed by atoms with van der Waals surface area (Å²) < 4.78 is 0.730. The maximum absolute atomic E-state index is 11.6. The molecule has 1 rings (SSSR count). The number of hydrogen-bond donors (Lipinski definition) is 2. The fourth-order valence-corrected chi connectivity index (χ4v) is 1.21. The third kappa shape index (κ3) is 3.60. The van der Waals surface area contributed by atoms with Crippen LogP contribution in [0.2, 0.25) is 0 Å². The summed E-state index contributed by atoms with van der Waals surface area (Å²) in [4.78, 5) is 15.6. The zero-order valence-electron chi connectivity index (χ0n) is 8.70. The van der Waals surface area contributed by atoms with Gasteiger partial charge in [0, 0.05) is 0 Å². The second kappa shape index (κ2) is 5.23. The summed E-state index contributed by atoms with van der Waals surface area (Å²) in [6.07, 6.45) is 1.58. The lowest BCUT2D eigenvalue weighted by molar-refractivity contribution is -0.118. The largest absolute Gasteiger partial charge is 0.323 e. The van der Waals surface area contributed by atoms with Gasteiger partial charge in [-0.1, -0.05) is 13.8 Å². The Morgan fingerprint density at radius 3 is 2.67 bits per heavy atom. The van der Waals surface area contributed by atoms with Gasteiger partial charge in [0.05, 0.1) is 17.9 Å². The number of pyridine rings is 1. The van der Waals surface area contributed by atoms with Crippen molar-refractivity contribution < 1.29 is 4.79 Å². The highest BCUT2D eigenvalue weighted by Gasteiger charge is 2.16. The van der Waals surface area contributed by atoms with Gasteiger partial charge in [-0.25, -0.2) is 4.98 Å². The number of amides is 1. The van der Waals surface area contributed by atoms with Crippen molar-refractivity contribution in [3.63, 3.8) is 0 Å². The molecule has 82 valence electrons. The first-order valence-electron chi connectivity index (χ1n) is 4.68. The number of aromatic nitrogens is 1. The summed E-state index contributed by atoms with van der Waals surface area (Å²) in [7, 11) is 0. The SMILES string of the molecule is CC(C)[C@@H](N)C(=O)Nc1ccc(Br)nc1. The molecule has 0 aliphatic carbocycles. The van der Waals surface area contributed by atoms with E-state index >= 15 is 0 Å². The molecule has 1 aromatic heterocycles. The molecule has 0 aliphatic rings. The molecule has 0 saturated carbocycles. The van der Waals surface area contributed by atoms with Crippen molar-refractivity contribution in [3.8, 4) is 0 Å². The minimum absolute atomic E-state index is 0.119. The Kier molecular flexibility index (Phi) is 4.23. The van der Waals surface area contributed by atoms with Crippen molar-refractivity contribution >= 4 is 27.5 Å². The quantitative estimate of drug-likeness (QED) is 0.824. The van der Waals surface area contributed by atoms with E-state index in [4.69, 9.17) is 5.73 Å². The van der Waals surface area contributed by atoms with Crippen LogP contribution in [0.25, 0.3) is 0 Å². The second-order valence-electron chi connectivity index (χ2n) is 3.63. The monoisotopic (exact) mass is 271 g/mol. The van der Waals surface area contributed by atoms with Gasteiger partial charge in [-0.05, 0) is 34.0 Å². The lowest BCUT2D eigenvalue weighted by atomic mass is 10.1. The van der Waals surface area contributed by atoms with Crippen LogP contribution in [0.4, 0.5) is 5.69 Å². The molecule has 4 nitrogen and oxygen atoms in total. The van der Waals surface area contributed by atoms with Gasteiger partial charge in [0.15, 0.2) is 0 Å². The molecule has 0 fully saturated rings. The fourth-order valence-electron chi connectivity index (χ4n) is 0.978. The molecular formula is C10H14BrN3O. The Labute approximate surface area is 97.4 Å². The fraction of sp³-hybridized carbons (Fsp3) is 0.400. The van der Waals surface area contributed by atoms with Gasteiger partial charge in [-0.15, -0.1) is 0 Å². The third-order valence-corrected chi connectivity index (χ3v) is 2.48. The smallest absolute Gasteiger partial charge is 0.241 e. The lowest BCUT2D eigenvalue weighted by Gasteiger charge is -2.14. The van der Waals surface area contributed by atoms with Crippen LogP contribution < -0.4 is 11.1 Å². The van der Waals surface area contributed by atoms with Crippen molar-refractivity contribution in [1.29, 1.82) is 0 Å². The minimum atomic E-state index is -0.492. The average molecular weight is 272 g/mol. The van der Waals surface area contributed by atoms with Crippen molar-refractivity contribution in [3.05, 3.63) is 22.9 Å². The van der Waals surface area contributed by atoms with Crippen molar-refractivity contribution in [2.75, 3.05) is 5.32 Å². The zero-order chi connectivity index (χ0) is 11.4. The first-order valence-corrected chi connectivity index (χ1v) is 5.48. The predicted octanol–water partition coefficient (Wildman–Crippen LogP) is 1.77. The highest BCUT2D eigenvalue weighted by atomic mass is 79.9.